The Morgan fingerprint density at radius 1 is 0.971 bits per heavy atom. The molecule has 0 spiro atoms. The van der Waals surface area contributed by atoms with Crippen molar-refractivity contribution in [2.75, 3.05) is 11.9 Å². The normalized spacial score (nSPS) is 11.5. The third kappa shape index (κ3) is 7.09. The minimum absolute atomic E-state index is 0.00559. The Morgan fingerprint density at radius 3 is 2.32 bits per heavy atom. The van der Waals surface area contributed by atoms with Crippen LogP contribution < -0.4 is 10.7 Å². The Kier molecular flexibility index (Phi) is 8.29. The van der Waals surface area contributed by atoms with Crippen molar-refractivity contribution in [3.05, 3.63) is 95.6 Å². The van der Waals surface area contributed by atoms with E-state index in [-0.39, 0.29) is 17.3 Å². The van der Waals surface area contributed by atoms with Gasteiger partial charge in [-0.15, -0.1) is 0 Å². The first-order valence-electron chi connectivity index (χ1n) is 10.5. The van der Waals surface area contributed by atoms with E-state index in [1.54, 1.807) is 24.3 Å². The molecule has 0 fully saturated rings. The minimum Gasteiger partial charge on any atom is -0.326 e. The van der Waals surface area contributed by atoms with Crippen molar-refractivity contribution in [3.8, 4) is 0 Å². The number of carbonyl (C=O) groups excluding carboxylic acids is 2. The number of nitrogens with one attached hydrogen (secondary N) is 2. The van der Waals surface area contributed by atoms with Crippen molar-refractivity contribution < 1.29 is 18.0 Å². The molecular weight excluding hydrogens is 452 g/mol. The van der Waals surface area contributed by atoms with Gasteiger partial charge in [-0.2, -0.15) is 9.41 Å². The summed E-state index contributed by atoms with van der Waals surface area (Å²) in [4.78, 5) is 23.8. The number of hydrogen-bond donors (Lipinski definition) is 2. The molecule has 0 saturated heterocycles. The first-order valence-corrected chi connectivity index (χ1v) is 12.0. The number of sulfonamides is 1. The lowest BCUT2D eigenvalue weighted by atomic mass is 10.2. The number of rotatable bonds is 9. The fourth-order valence-corrected chi connectivity index (χ4v) is 4.58. The van der Waals surface area contributed by atoms with Gasteiger partial charge in [0.2, 0.25) is 15.9 Å². The van der Waals surface area contributed by atoms with Crippen LogP contribution in [0, 0.1) is 6.92 Å². The highest BCUT2D eigenvalue weighted by Gasteiger charge is 2.27. The maximum absolute atomic E-state index is 13.4. The van der Waals surface area contributed by atoms with Crippen LogP contribution in [0.25, 0.3) is 0 Å². The topological polar surface area (TPSA) is 108 Å². The van der Waals surface area contributed by atoms with Gasteiger partial charge in [-0.3, -0.25) is 9.59 Å². The zero-order chi connectivity index (χ0) is 24.6. The van der Waals surface area contributed by atoms with Gasteiger partial charge >= 0.3 is 0 Å². The van der Waals surface area contributed by atoms with Crippen molar-refractivity contribution in [2.45, 2.75) is 25.3 Å². The van der Waals surface area contributed by atoms with Crippen LogP contribution in [0.5, 0.6) is 0 Å². The molecule has 3 rings (SSSR count). The number of hydrogen-bond acceptors (Lipinski definition) is 5. The standard InChI is InChI=1S/C25H26N4O4S/c1-19-7-6-10-22(15-19)16-26-28-25(31)18-29(17-21-8-4-3-5-9-21)34(32,33)24-13-11-23(12-14-24)27-20(2)30/h3-16H,17-18H2,1-2H3,(H,27,30)(H,28,31)/b26-16-. The first-order chi connectivity index (χ1) is 16.2. The molecule has 0 atom stereocenters. The lowest BCUT2D eigenvalue weighted by molar-refractivity contribution is -0.121. The van der Waals surface area contributed by atoms with Crippen LogP contribution in [-0.4, -0.2) is 37.3 Å². The number of anilines is 1. The van der Waals surface area contributed by atoms with Crippen LogP contribution in [-0.2, 0) is 26.2 Å². The van der Waals surface area contributed by atoms with Crippen molar-refractivity contribution in [3.63, 3.8) is 0 Å². The summed E-state index contributed by atoms with van der Waals surface area (Å²) in [7, 11) is -4.01. The van der Waals surface area contributed by atoms with E-state index in [1.807, 2.05) is 37.3 Å². The van der Waals surface area contributed by atoms with Crippen LogP contribution in [0.4, 0.5) is 5.69 Å². The number of aryl methyl sites for hydroxylation is 1. The third-order valence-electron chi connectivity index (χ3n) is 4.78. The molecule has 8 nitrogen and oxygen atoms in total. The molecule has 2 N–H and O–H groups in total. The molecule has 0 unspecified atom stereocenters. The number of carbonyl (C=O) groups is 2. The van der Waals surface area contributed by atoms with Crippen molar-refractivity contribution in [1.82, 2.24) is 9.73 Å². The monoisotopic (exact) mass is 478 g/mol. The van der Waals surface area contributed by atoms with E-state index in [2.05, 4.69) is 15.8 Å². The molecule has 0 aliphatic rings. The molecule has 3 aromatic rings. The molecule has 0 aromatic heterocycles. The zero-order valence-electron chi connectivity index (χ0n) is 18.9. The van der Waals surface area contributed by atoms with E-state index in [1.165, 1.54) is 37.4 Å². The molecule has 0 aliphatic heterocycles. The SMILES string of the molecule is CC(=O)Nc1ccc(S(=O)(=O)N(CC(=O)N/N=C\c2cccc(C)c2)Cc2ccccc2)cc1. The molecule has 34 heavy (non-hydrogen) atoms. The maximum atomic E-state index is 13.4. The third-order valence-corrected chi connectivity index (χ3v) is 6.59. The van der Waals surface area contributed by atoms with Crippen molar-refractivity contribution in [2.24, 2.45) is 5.10 Å². The van der Waals surface area contributed by atoms with E-state index in [9.17, 15) is 18.0 Å². The van der Waals surface area contributed by atoms with Crippen LogP contribution in [0.3, 0.4) is 0 Å². The second-order valence-electron chi connectivity index (χ2n) is 7.67. The summed E-state index contributed by atoms with van der Waals surface area (Å²) in [6, 6.07) is 22.4. The maximum Gasteiger partial charge on any atom is 0.255 e. The van der Waals surface area contributed by atoms with Crippen LogP contribution >= 0.6 is 0 Å². The van der Waals surface area contributed by atoms with E-state index in [4.69, 9.17) is 0 Å². The number of hydrazone groups is 1. The van der Waals surface area contributed by atoms with Gasteiger partial charge in [0.25, 0.3) is 5.91 Å². The molecule has 0 aliphatic carbocycles. The van der Waals surface area contributed by atoms with E-state index in [0.29, 0.717) is 5.69 Å². The summed E-state index contributed by atoms with van der Waals surface area (Å²) in [6.07, 6.45) is 1.50. The van der Waals surface area contributed by atoms with Gasteiger partial charge in [-0.25, -0.2) is 13.8 Å². The summed E-state index contributed by atoms with van der Waals surface area (Å²) >= 11 is 0. The molecule has 0 bridgehead atoms. The smallest absolute Gasteiger partial charge is 0.255 e. The van der Waals surface area contributed by atoms with Gasteiger partial charge in [0.15, 0.2) is 0 Å². The summed E-state index contributed by atoms with van der Waals surface area (Å²) in [6.45, 7) is 2.90. The molecule has 0 heterocycles. The minimum atomic E-state index is -4.01. The Morgan fingerprint density at radius 2 is 1.68 bits per heavy atom. The number of benzene rings is 3. The Hall–Kier alpha value is -3.82. The number of amides is 2. The number of nitrogens with zero attached hydrogens (tertiary/aromatic N) is 2. The average molecular weight is 479 g/mol. The Balaban J connectivity index is 1.78. The van der Waals surface area contributed by atoms with Gasteiger partial charge in [0, 0.05) is 19.2 Å². The quantitative estimate of drug-likeness (QED) is 0.363. The zero-order valence-corrected chi connectivity index (χ0v) is 19.7. The fourth-order valence-electron chi connectivity index (χ4n) is 3.20. The molecule has 0 radical (unpaired) electrons. The highest BCUT2D eigenvalue weighted by atomic mass is 32.2. The molecule has 176 valence electrons. The van der Waals surface area contributed by atoms with E-state index >= 15 is 0 Å². The Labute approximate surface area is 199 Å². The van der Waals surface area contributed by atoms with Gasteiger partial charge in [-0.05, 0) is 42.3 Å². The largest absolute Gasteiger partial charge is 0.326 e. The molecular formula is C25H26N4O4S. The summed E-state index contributed by atoms with van der Waals surface area (Å²) < 4.78 is 27.8. The highest BCUT2D eigenvalue weighted by Crippen LogP contribution is 2.20. The van der Waals surface area contributed by atoms with Gasteiger partial charge in [0.1, 0.15) is 0 Å². The highest BCUT2D eigenvalue weighted by molar-refractivity contribution is 7.89. The summed E-state index contributed by atoms with van der Waals surface area (Å²) in [5.74, 6) is -0.831. The second-order valence-corrected chi connectivity index (χ2v) is 9.61. The molecule has 3 aromatic carbocycles. The van der Waals surface area contributed by atoms with Crippen molar-refractivity contribution >= 4 is 33.7 Å². The average Bonchev–Trinajstić information content (AvgIpc) is 2.79. The van der Waals surface area contributed by atoms with Gasteiger partial charge in [0.05, 0.1) is 17.7 Å². The first kappa shape index (κ1) is 24.8. The van der Waals surface area contributed by atoms with Crippen LogP contribution in [0.1, 0.15) is 23.6 Å². The van der Waals surface area contributed by atoms with E-state index in [0.717, 1.165) is 21.0 Å². The van der Waals surface area contributed by atoms with Crippen LogP contribution in [0.15, 0.2) is 88.9 Å². The second kappa shape index (κ2) is 11.4. The van der Waals surface area contributed by atoms with Gasteiger partial charge in [-0.1, -0.05) is 60.2 Å². The summed E-state index contributed by atoms with van der Waals surface area (Å²) in [5, 5.41) is 6.55. The lowest BCUT2D eigenvalue weighted by Crippen LogP contribution is -2.39. The fraction of sp³-hybridized carbons (Fsp3) is 0.160. The lowest BCUT2D eigenvalue weighted by Gasteiger charge is -2.21. The molecule has 2 amide bonds. The molecule has 0 saturated carbocycles. The predicted molar refractivity (Wildman–Crippen MR) is 132 cm³/mol. The van der Waals surface area contributed by atoms with Crippen molar-refractivity contribution in [1.29, 1.82) is 0 Å². The molecule has 9 heteroatoms. The van der Waals surface area contributed by atoms with Crippen LogP contribution in [0.2, 0.25) is 0 Å². The summed E-state index contributed by atoms with van der Waals surface area (Å²) in [5.41, 5.74) is 5.48. The van der Waals surface area contributed by atoms with Gasteiger partial charge < -0.3 is 5.32 Å². The predicted octanol–water partition coefficient (Wildman–Crippen LogP) is 3.29. The Bertz CT molecular complexity index is 1270. The van der Waals surface area contributed by atoms with E-state index < -0.39 is 22.5 Å².